The minimum Gasteiger partial charge on any atom is -0.192 e. The SMILES string of the molecule is CSc1n[nH]c([N+]#N)c1C#N. The molecule has 0 saturated heterocycles. The normalized spacial score (nSPS) is 8.64. The van der Waals surface area contributed by atoms with Gasteiger partial charge < -0.3 is 0 Å². The predicted octanol–water partition coefficient (Wildman–Crippen LogP) is 1.49. The van der Waals surface area contributed by atoms with E-state index in [1.165, 1.54) is 11.8 Å². The predicted molar refractivity (Wildman–Crippen MR) is 39.8 cm³/mol. The first-order chi connectivity index (χ1) is 5.33. The molecule has 1 heterocycles. The van der Waals surface area contributed by atoms with Gasteiger partial charge >= 0.3 is 5.82 Å². The summed E-state index contributed by atoms with van der Waals surface area (Å²) in [5, 5.41) is 23.6. The molecular weight excluding hydrogens is 162 g/mol. The highest BCUT2D eigenvalue weighted by molar-refractivity contribution is 7.98. The zero-order valence-electron chi connectivity index (χ0n) is 5.70. The van der Waals surface area contributed by atoms with Gasteiger partial charge in [0.2, 0.25) is 5.56 Å². The average Bonchev–Trinajstić information content (AvgIpc) is 2.45. The molecule has 1 aromatic heterocycles. The maximum Gasteiger partial charge on any atom is 0.463 e. The van der Waals surface area contributed by atoms with Crippen LogP contribution in [0.3, 0.4) is 0 Å². The number of aromatic amines is 1. The number of hydrogen-bond donors (Lipinski definition) is 1. The number of rotatable bonds is 1. The molecule has 0 aliphatic heterocycles. The van der Waals surface area contributed by atoms with Crippen LogP contribution in [0, 0.1) is 16.7 Å². The van der Waals surface area contributed by atoms with E-state index in [1.54, 1.807) is 6.26 Å². The van der Waals surface area contributed by atoms with Crippen molar-refractivity contribution in [2.24, 2.45) is 0 Å². The molecule has 1 N–H and O–H groups in total. The number of diazo groups is 1. The fourth-order valence-corrected chi connectivity index (χ4v) is 1.12. The maximum atomic E-state index is 8.56. The van der Waals surface area contributed by atoms with Gasteiger partial charge in [0.15, 0.2) is 5.03 Å². The van der Waals surface area contributed by atoms with Crippen molar-refractivity contribution in [3.8, 4) is 6.07 Å². The standard InChI is InChI=1S/C5H4N5S/c1-11-5-3(2-6)4(8-7)9-10-5/h1H3,(H,9,10)/q+1. The minimum absolute atomic E-state index is 0.108. The van der Waals surface area contributed by atoms with Crippen molar-refractivity contribution in [1.29, 1.82) is 10.7 Å². The van der Waals surface area contributed by atoms with Gasteiger partial charge in [-0.3, -0.25) is 0 Å². The zero-order chi connectivity index (χ0) is 8.27. The Bertz CT molecular complexity index is 341. The Hall–Kier alpha value is -1.53. The van der Waals surface area contributed by atoms with Gasteiger partial charge in [-0.1, -0.05) is 5.10 Å². The van der Waals surface area contributed by atoms with Gasteiger partial charge in [0.1, 0.15) is 6.07 Å². The molecule has 0 amide bonds. The van der Waals surface area contributed by atoms with Gasteiger partial charge in [-0.2, -0.15) is 5.26 Å². The van der Waals surface area contributed by atoms with Gasteiger partial charge in [0, 0.05) is 4.98 Å². The van der Waals surface area contributed by atoms with Gasteiger partial charge in [0.05, 0.1) is 5.39 Å². The van der Waals surface area contributed by atoms with Crippen LogP contribution >= 0.6 is 11.8 Å². The third kappa shape index (κ3) is 1.16. The van der Waals surface area contributed by atoms with Crippen LogP contribution in [0.2, 0.25) is 0 Å². The van der Waals surface area contributed by atoms with Crippen LogP contribution in [0.5, 0.6) is 0 Å². The van der Waals surface area contributed by atoms with Crippen molar-refractivity contribution in [1.82, 2.24) is 10.2 Å². The first-order valence-corrected chi connectivity index (χ1v) is 3.93. The first-order valence-electron chi connectivity index (χ1n) is 2.71. The lowest BCUT2D eigenvalue weighted by atomic mass is 10.4. The van der Waals surface area contributed by atoms with Crippen molar-refractivity contribution in [2.45, 2.75) is 5.03 Å². The monoisotopic (exact) mass is 166 g/mol. The number of thioether (sulfide) groups is 1. The molecule has 1 rings (SSSR count). The van der Waals surface area contributed by atoms with E-state index in [0.29, 0.717) is 5.03 Å². The molecule has 54 valence electrons. The van der Waals surface area contributed by atoms with E-state index in [2.05, 4.69) is 15.2 Å². The van der Waals surface area contributed by atoms with E-state index in [-0.39, 0.29) is 11.4 Å². The molecule has 0 atom stereocenters. The summed E-state index contributed by atoms with van der Waals surface area (Å²) in [6.07, 6.45) is 1.79. The highest BCUT2D eigenvalue weighted by Gasteiger charge is 2.20. The topological polar surface area (TPSA) is 80.6 Å². The smallest absolute Gasteiger partial charge is 0.192 e. The lowest BCUT2D eigenvalue weighted by molar-refractivity contribution is 1.01. The molecular formula is C5H4N5S+. The molecule has 0 radical (unpaired) electrons. The van der Waals surface area contributed by atoms with Crippen molar-refractivity contribution >= 4 is 17.6 Å². The van der Waals surface area contributed by atoms with E-state index in [4.69, 9.17) is 10.7 Å². The Morgan fingerprint density at radius 2 is 2.45 bits per heavy atom. The van der Waals surface area contributed by atoms with Crippen molar-refractivity contribution in [3.05, 3.63) is 10.5 Å². The van der Waals surface area contributed by atoms with Crippen LogP contribution in [0.4, 0.5) is 5.82 Å². The Morgan fingerprint density at radius 3 is 2.91 bits per heavy atom. The summed E-state index contributed by atoms with van der Waals surface area (Å²) in [5.74, 6) is 0.108. The third-order valence-corrected chi connectivity index (χ3v) is 1.80. The largest absolute Gasteiger partial charge is 0.463 e. The quantitative estimate of drug-likeness (QED) is 0.506. The number of aromatic nitrogens is 2. The van der Waals surface area contributed by atoms with E-state index in [0.717, 1.165) is 0 Å². The van der Waals surface area contributed by atoms with Gasteiger partial charge in [-0.15, -0.1) is 16.9 Å². The van der Waals surface area contributed by atoms with Gasteiger partial charge in [-0.05, 0) is 6.26 Å². The van der Waals surface area contributed by atoms with Crippen LogP contribution in [0.15, 0.2) is 5.03 Å². The highest BCUT2D eigenvalue weighted by atomic mass is 32.2. The van der Waals surface area contributed by atoms with Crippen LogP contribution in [-0.2, 0) is 0 Å². The first kappa shape index (κ1) is 7.58. The maximum absolute atomic E-state index is 8.56. The fraction of sp³-hybridized carbons (Fsp3) is 0.200. The molecule has 0 saturated carbocycles. The Kier molecular flexibility index (Phi) is 2.09. The summed E-state index contributed by atoms with van der Waals surface area (Å²) in [7, 11) is 0. The van der Waals surface area contributed by atoms with Crippen LogP contribution in [-0.4, -0.2) is 16.5 Å². The lowest BCUT2D eigenvalue weighted by Crippen LogP contribution is -1.72. The van der Waals surface area contributed by atoms with E-state index < -0.39 is 0 Å². The molecule has 0 spiro atoms. The number of nitriles is 1. The highest BCUT2D eigenvalue weighted by Crippen LogP contribution is 2.24. The molecule has 0 fully saturated rings. The minimum atomic E-state index is 0.108. The summed E-state index contributed by atoms with van der Waals surface area (Å²) in [6.45, 7) is 0. The van der Waals surface area contributed by atoms with Crippen LogP contribution in [0.25, 0.3) is 4.98 Å². The van der Waals surface area contributed by atoms with Crippen molar-refractivity contribution in [3.63, 3.8) is 0 Å². The third-order valence-electron chi connectivity index (χ3n) is 1.12. The Balaban J connectivity index is 3.26. The van der Waals surface area contributed by atoms with Crippen molar-refractivity contribution in [2.75, 3.05) is 6.26 Å². The lowest BCUT2D eigenvalue weighted by Gasteiger charge is -1.79. The number of H-pyrrole nitrogens is 1. The molecule has 0 aliphatic carbocycles. The summed E-state index contributed by atoms with van der Waals surface area (Å²) >= 11 is 1.32. The summed E-state index contributed by atoms with van der Waals surface area (Å²) < 4.78 is 0. The summed E-state index contributed by atoms with van der Waals surface area (Å²) in [5.41, 5.74) is 0.278. The molecule has 0 aromatic carbocycles. The molecule has 6 heteroatoms. The number of nitrogens with one attached hydrogen (secondary N) is 1. The fourth-order valence-electron chi connectivity index (χ4n) is 0.638. The van der Waals surface area contributed by atoms with Crippen LogP contribution < -0.4 is 0 Å². The van der Waals surface area contributed by atoms with Gasteiger partial charge in [-0.25, -0.2) is 0 Å². The Labute approximate surface area is 67.0 Å². The Morgan fingerprint density at radius 1 is 1.73 bits per heavy atom. The van der Waals surface area contributed by atoms with Gasteiger partial charge in [0.25, 0.3) is 0 Å². The van der Waals surface area contributed by atoms with E-state index in [1.807, 2.05) is 6.07 Å². The second-order valence-electron chi connectivity index (χ2n) is 1.67. The van der Waals surface area contributed by atoms with Crippen molar-refractivity contribution < 1.29 is 0 Å². The molecule has 11 heavy (non-hydrogen) atoms. The second kappa shape index (κ2) is 3.04. The molecule has 1 aromatic rings. The molecule has 0 bridgehead atoms. The molecule has 0 aliphatic rings. The average molecular weight is 166 g/mol. The molecule has 5 nitrogen and oxygen atoms in total. The summed E-state index contributed by atoms with van der Waals surface area (Å²) in [6, 6.07) is 1.88. The summed E-state index contributed by atoms with van der Waals surface area (Å²) in [4.78, 5) is 2.86. The second-order valence-corrected chi connectivity index (χ2v) is 2.46. The zero-order valence-corrected chi connectivity index (χ0v) is 6.51. The van der Waals surface area contributed by atoms with E-state index in [9.17, 15) is 0 Å². The number of hydrogen-bond acceptors (Lipinski definition) is 4. The van der Waals surface area contributed by atoms with Crippen LogP contribution in [0.1, 0.15) is 5.56 Å². The van der Waals surface area contributed by atoms with E-state index >= 15 is 0 Å². The number of nitrogens with zero attached hydrogens (tertiary/aromatic N) is 4. The molecule has 0 unspecified atom stereocenters.